The first-order chi connectivity index (χ1) is 8.12. The van der Waals surface area contributed by atoms with Gasteiger partial charge < -0.3 is 10.4 Å². The molecule has 0 saturated heterocycles. The third kappa shape index (κ3) is 4.97. The van der Waals surface area contributed by atoms with Crippen LogP contribution in [0, 0.1) is 10.8 Å². The molecule has 3 atom stereocenters. The average Bonchev–Trinajstić information content (AvgIpc) is 2.10. The van der Waals surface area contributed by atoms with E-state index >= 15 is 0 Å². The fraction of sp³-hybridized carbons (Fsp3) is 0.933. The van der Waals surface area contributed by atoms with Gasteiger partial charge in [0.2, 0.25) is 5.91 Å². The van der Waals surface area contributed by atoms with Gasteiger partial charge in [-0.1, -0.05) is 20.8 Å². The van der Waals surface area contributed by atoms with Crippen LogP contribution in [0.3, 0.4) is 0 Å². The average molecular weight is 255 g/mol. The van der Waals surface area contributed by atoms with Gasteiger partial charge in [-0.25, -0.2) is 0 Å². The lowest BCUT2D eigenvalue weighted by Crippen LogP contribution is -2.46. The summed E-state index contributed by atoms with van der Waals surface area (Å²) in [5, 5.41) is 12.5. The lowest BCUT2D eigenvalue weighted by molar-refractivity contribution is -0.120. The van der Waals surface area contributed by atoms with E-state index in [0.717, 1.165) is 25.7 Å². The molecule has 106 valence electrons. The summed E-state index contributed by atoms with van der Waals surface area (Å²) in [4.78, 5) is 11.2. The van der Waals surface area contributed by atoms with Crippen molar-refractivity contribution in [1.29, 1.82) is 0 Å². The van der Waals surface area contributed by atoms with Gasteiger partial charge in [-0.05, 0) is 49.9 Å². The highest BCUT2D eigenvalue weighted by atomic mass is 16.3. The number of carbonyl (C=O) groups excluding carboxylic acids is 1. The summed E-state index contributed by atoms with van der Waals surface area (Å²) in [6.45, 7) is 10.3. The predicted octanol–water partition coefficient (Wildman–Crippen LogP) is 2.87. The zero-order chi connectivity index (χ0) is 14.0. The lowest BCUT2D eigenvalue weighted by Gasteiger charge is -2.47. The number of nitrogens with one attached hydrogen (secondary N) is 1. The molecule has 3 nitrogen and oxygen atoms in total. The summed E-state index contributed by atoms with van der Waals surface area (Å²) in [5.41, 5.74) is 0.491. The van der Waals surface area contributed by atoms with Crippen molar-refractivity contribution in [2.24, 2.45) is 10.8 Å². The Morgan fingerprint density at radius 2 is 2.00 bits per heavy atom. The fourth-order valence-corrected chi connectivity index (χ4v) is 3.77. The van der Waals surface area contributed by atoms with Gasteiger partial charge in [-0.3, -0.25) is 4.79 Å². The van der Waals surface area contributed by atoms with E-state index in [1.54, 1.807) is 6.92 Å². The minimum Gasteiger partial charge on any atom is -0.393 e. The second kappa shape index (κ2) is 5.60. The minimum absolute atomic E-state index is 0.0653. The first kappa shape index (κ1) is 15.5. The molecule has 0 bridgehead atoms. The summed E-state index contributed by atoms with van der Waals surface area (Å²) in [5.74, 6) is 0.0653. The predicted molar refractivity (Wildman–Crippen MR) is 74.3 cm³/mol. The van der Waals surface area contributed by atoms with Gasteiger partial charge in [-0.15, -0.1) is 0 Å². The maximum absolute atomic E-state index is 11.2. The van der Waals surface area contributed by atoms with Crippen molar-refractivity contribution < 1.29 is 9.90 Å². The summed E-state index contributed by atoms with van der Waals surface area (Å²) >= 11 is 0. The van der Waals surface area contributed by atoms with Crippen molar-refractivity contribution in [2.45, 2.75) is 78.9 Å². The molecule has 1 rings (SSSR count). The SMILES string of the molecule is CC(=O)NC1CC(C)(C)CC(C)(CC[C@@H](C)O)C1. The molecule has 0 aromatic rings. The van der Waals surface area contributed by atoms with Crippen LogP contribution in [0.5, 0.6) is 0 Å². The smallest absolute Gasteiger partial charge is 0.217 e. The van der Waals surface area contributed by atoms with Crippen molar-refractivity contribution >= 4 is 5.91 Å². The van der Waals surface area contributed by atoms with E-state index in [1.165, 1.54) is 6.42 Å². The van der Waals surface area contributed by atoms with E-state index in [2.05, 4.69) is 26.1 Å². The van der Waals surface area contributed by atoms with Crippen LogP contribution in [0.1, 0.15) is 66.7 Å². The number of hydrogen-bond acceptors (Lipinski definition) is 2. The van der Waals surface area contributed by atoms with E-state index in [0.29, 0.717) is 0 Å². The molecular formula is C15H29NO2. The van der Waals surface area contributed by atoms with E-state index < -0.39 is 0 Å². The quantitative estimate of drug-likeness (QED) is 0.811. The first-order valence-corrected chi connectivity index (χ1v) is 7.07. The molecule has 0 spiro atoms. The second-order valence-electron chi connectivity index (χ2n) is 7.35. The standard InChI is InChI=1S/C15H29NO2/c1-11(17)6-7-15(5)9-13(16-12(2)18)8-14(3,4)10-15/h11,13,17H,6-10H2,1-5H3,(H,16,18)/t11-,13?,15?/m1/s1. The molecule has 0 aromatic carbocycles. The molecule has 1 aliphatic rings. The fourth-order valence-electron chi connectivity index (χ4n) is 3.77. The highest BCUT2D eigenvalue weighted by Gasteiger charge is 2.41. The molecule has 3 heteroatoms. The number of rotatable bonds is 4. The highest BCUT2D eigenvalue weighted by Crippen LogP contribution is 2.48. The largest absolute Gasteiger partial charge is 0.393 e. The van der Waals surface area contributed by atoms with Gasteiger partial charge >= 0.3 is 0 Å². The number of amides is 1. The Balaban J connectivity index is 2.69. The van der Waals surface area contributed by atoms with Crippen LogP contribution < -0.4 is 5.32 Å². The van der Waals surface area contributed by atoms with Gasteiger partial charge in [0, 0.05) is 13.0 Å². The molecule has 1 fully saturated rings. The number of aliphatic hydroxyl groups is 1. The van der Waals surface area contributed by atoms with E-state index in [9.17, 15) is 9.90 Å². The van der Waals surface area contributed by atoms with E-state index in [-0.39, 0.29) is 28.9 Å². The molecule has 1 amide bonds. The molecule has 1 aliphatic carbocycles. The second-order valence-corrected chi connectivity index (χ2v) is 7.35. The maximum Gasteiger partial charge on any atom is 0.217 e. The van der Waals surface area contributed by atoms with Crippen LogP contribution in [0.25, 0.3) is 0 Å². The van der Waals surface area contributed by atoms with E-state index in [4.69, 9.17) is 0 Å². The first-order valence-electron chi connectivity index (χ1n) is 7.07. The zero-order valence-corrected chi connectivity index (χ0v) is 12.5. The molecule has 1 saturated carbocycles. The molecule has 0 radical (unpaired) electrons. The Kier molecular flexibility index (Phi) is 4.82. The van der Waals surface area contributed by atoms with Gasteiger partial charge in [0.15, 0.2) is 0 Å². The minimum atomic E-state index is -0.230. The van der Waals surface area contributed by atoms with Gasteiger partial charge in [0.05, 0.1) is 6.10 Å². The normalized spacial score (nSPS) is 32.9. The Labute approximate surface area is 111 Å². The summed E-state index contributed by atoms with van der Waals surface area (Å²) in [7, 11) is 0. The Hall–Kier alpha value is -0.570. The molecular weight excluding hydrogens is 226 g/mol. The molecule has 18 heavy (non-hydrogen) atoms. The third-order valence-electron chi connectivity index (χ3n) is 4.02. The van der Waals surface area contributed by atoms with Crippen LogP contribution in [0.15, 0.2) is 0 Å². The van der Waals surface area contributed by atoms with Gasteiger partial charge in [0.25, 0.3) is 0 Å². The Bertz CT molecular complexity index is 299. The van der Waals surface area contributed by atoms with Crippen LogP contribution in [0.2, 0.25) is 0 Å². The Morgan fingerprint density at radius 3 is 2.50 bits per heavy atom. The number of aliphatic hydroxyl groups excluding tert-OH is 1. The van der Waals surface area contributed by atoms with Crippen LogP contribution in [-0.2, 0) is 4.79 Å². The van der Waals surface area contributed by atoms with Crippen molar-refractivity contribution in [3.05, 3.63) is 0 Å². The van der Waals surface area contributed by atoms with Gasteiger partial charge in [-0.2, -0.15) is 0 Å². The molecule has 2 unspecified atom stereocenters. The topological polar surface area (TPSA) is 49.3 Å². The summed E-state index contributed by atoms with van der Waals surface area (Å²) in [6.07, 6.45) is 4.90. The molecule has 2 N–H and O–H groups in total. The van der Waals surface area contributed by atoms with Crippen LogP contribution in [0.4, 0.5) is 0 Å². The highest BCUT2D eigenvalue weighted by molar-refractivity contribution is 5.73. The van der Waals surface area contributed by atoms with E-state index in [1.807, 2.05) is 6.92 Å². The van der Waals surface area contributed by atoms with Crippen molar-refractivity contribution in [3.63, 3.8) is 0 Å². The van der Waals surface area contributed by atoms with Gasteiger partial charge in [0.1, 0.15) is 0 Å². The molecule has 0 aliphatic heterocycles. The monoisotopic (exact) mass is 255 g/mol. The Morgan fingerprint density at radius 1 is 1.39 bits per heavy atom. The lowest BCUT2D eigenvalue weighted by atomic mass is 9.61. The van der Waals surface area contributed by atoms with Crippen LogP contribution >= 0.6 is 0 Å². The number of carbonyl (C=O) groups is 1. The summed E-state index contributed by atoms with van der Waals surface area (Å²) < 4.78 is 0. The van der Waals surface area contributed by atoms with Crippen molar-refractivity contribution in [3.8, 4) is 0 Å². The molecule has 0 heterocycles. The van der Waals surface area contributed by atoms with Crippen molar-refractivity contribution in [2.75, 3.05) is 0 Å². The van der Waals surface area contributed by atoms with Crippen LogP contribution in [-0.4, -0.2) is 23.2 Å². The molecule has 0 aromatic heterocycles. The zero-order valence-electron chi connectivity index (χ0n) is 12.5. The van der Waals surface area contributed by atoms with Crippen molar-refractivity contribution in [1.82, 2.24) is 5.32 Å². The number of hydrogen-bond donors (Lipinski definition) is 2. The maximum atomic E-state index is 11.2. The summed E-state index contributed by atoms with van der Waals surface area (Å²) in [6, 6.07) is 0.283. The third-order valence-corrected chi connectivity index (χ3v) is 4.02.